The van der Waals surface area contributed by atoms with Crippen molar-refractivity contribution in [2.45, 2.75) is 23.8 Å². The number of sulfone groups is 1. The third kappa shape index (κ3) is 3.71. The van der Waals surface area contributed by atoms with Crippen molar-refractivity contribution >= 4 is 9.84 Å². The molecule has 2 heterocycles. The Hall–Kier alpha value is -1.67. The molecule has 0 spiro atoms. The van der Waals surface area contributed by atoms with Gasteiger partial charge in [-0.25, -0.2) is 8.42 Å². The van der Waals surface area contributed by atoms with Gasteiger partial charge in [0, 0.05) is 39.5 Å². The van der Waals surface area contributed by atoms with Crippen molar-refractivity contribution in [1.29, 1.82) is 0 Å². The molecule has 0 radical (unpaired) electrons. The number of methoxy groups -OCH3 is 2. The number of nitrogens with zero attached hydrogens (tertiary/aromatic N) is 1. The second-order valence-electron chi connectivity index (χ2n) is 6.67. The number of benzene rings is 1. The van der Waals surface area contributed by atoms with Crippen molar-refractivity contribution in [2.75, 3.05) is 33.6 Å². The molecule has 0 amide bonds. The van der Waals surface area contributed by atoms with Crippen molar-refractivity contribution in [3.8, 4) is 0 Å². The molecule has 26 heavy (non-hydrogen) atoms. The number of furan rings is 1. The lowest BCUT2D eigenvalue weighted by Crippen LogP contribution is -2.40. The summed E-state index contributed by atoms with van der Waals surface area (Å²) < 4.78 is 40.6. The molecule has 6 nitrogen and oxygen atoms in total. The Labute approximate surface area is 154 Å². The topological polar surface area (TPSA) is 69.0 Å². The summed E-state index contributed by atoms with van der Waals surface area (Å²) in [7, 11) is -0.299. The minimum atomic E-state index is -3.42. The molecule has 0 bridgehead atoms. The molecular weight excluding hydrogens is 354 g/mol. The van der Waals surface area contributed by atoms with E-state index in [0.717, 1.165) is 32.3 Å². The zero-order valence-electron chi connectivity index (χ0n) is 15.3. The van der Waals surface area contributed by atoms with E-state index in [1.807, 2.05) is 18.2 Å². The van der Waals surface area contributed by atoms with Gasteiger partial charge >= 0.3 is 0 Å². The molecule has 142 valence electrons. The average molecular weight is 379 g/mol. The van der Waals surface area contributed by atoms with E-state index in [2.05, 4.69) is 17.0 Å². The lowest BCUT2D eigenvalue weighted by molar-refractivity contribution is -0.258. The highest BCUT2D eigenvalue weighted by atomic mass is 32.2. The fourth-order valence-electron chi connectivity index (χ4n) is 3.65. The second kappa shape index (κ2) is 7.52. The predicted octanol–water partition coefficient (Wildman–Crippen LogP) is 2.65. The van der Waals surface area contributed by atoms with Crippen LogP contribution in [0.1, 0.15) is 17.7 Å². The molecule has 1 aromatic carbocycles. The average Bonchev–Trinajstić information content (AvgIpc) is 3.28. The highest BCUT2D eigenvalue weighted by Crippen LogP contribution is 2.41. The summed E-state index contributed by atoms with van der Waals surface area (Å²) in [5, 5.41) is -0.0786. The zero-order valence-corrected chi connectivity index (χ0v) is 16.2. The summed E-state index contributed by atoms with van der Waals surface area (Å²) in [5.41, 5.74) is 1.26. The molecule has 1 unspecified atom stereocenters. The standard InChI is InChI=1S/C19H25NO5S/c1-23-19(24-2,17-9-10-18(25-17)26(3,21)22)16-11-12-20(14-16)13-15-7-5-4-6-8-15/h4-10,16H,11-14H2,1-3H3. The highest BCUT2D eigenvalue weighted by molar-refractivity contribution is 7.90. The maximum atomic E-state index is 11.7. The first-order valence-electron chi connectivity index (χ1n) is 8.56. The van der Waals surface area contributed by atoms with E-state index in [-0.39, 0.29) is 11.0 Å². The monoisotopic (exact) mass is 379 g/mol. The molecule has 0 N–H and O–H groups in total. The minimum absolute atomic E-state index is 0.0276. The summed E-state index contributed by atoms with van der Waals surface area (Å²) in [6.45, 7) is 2.53. The quantitative estimate of drug-likeness (QED) is 0.689. The molecule has 3 rings (SSSR count). The third-order valence-electron chi connectivity index (χ3n) is 4.96. The van der Waals surface area contributed by atoms with Crippen LogP contribution in [0.2, 0.25) is 0 Å². The fraction of sp³-hybridized carbons (Fsp3) is 0.474. The van der Waals surface area contributed by atoms with Crippen LogP contribution in [0.5, 0.6) is 0 Å². The van der Waals surface area contributed by atoms with Crippen LogP contribution in [-0.2, 0) is 31.6 Å². The fourth-order valence-corrected chi connectivity index (χ4v) is 4.21. The second-order valence-corrected chi connectivity index (χ2v) is 8.62. The minimum Gasteiger partial charge on any atom is -0.444 e. The summed E-state index contributed by atoms with van der Waals surface area (Å²) in [6, 6.07) is 13.4. The van der Waals surface area contributed by atoms with E-state index in [9.17, 15) is 8.42 Å². The van der Waals surface area contributed by atoms with Crippen molar-refractivity contribution in [3.63, 3.8) is 0 Å². The van der Waals surface area contributed by atoms with E-state index in [4.69, 9.17) is 13.9 Å². The molecule has 1 atom stereocenters. The van der Waals surface area contributed by atoms with Gasteiger partial charge in [-0.15, -0.1) is 0 Å². The van der Waals surface area contributed by atoms with Crippen LogP contribution < -0.4 is 0 Å². The first kappa shape index (κ1) is 19.1. The Morgan fingerprint density at radius 1 is 1.15 bits per heavy atom. The molecule has 7 heteroatoms. The van der Waals surface area contributed by atoms with E-state index in [1.165, 1.54) is 11.6 Å². The molecule has 1 aliphatic heterocycles. The van der Waals surface area contributed by atoms with Gasteiger partial charge in [0.25, 0.3) is 0 Å². The van der Waals surface area contributed by atoms with Gasteiger partial charge in [-0.3, -0.25) is 4.90 Å². The predicted molar refractivity (Wildman–Crippen MR) is 97.3 cm³/mol. The lowest BCUT2D eigenvalue weighted by atomic mass is 9.95. The van der Waals surface area contributed by atoms with Crippen molar-refractivity contribution in [1.82, 2.24) is 4.90 Å². The van der Waals surface area contributed by atoms with Gasteiger partial charge in [0.05, 0.1) is 0 Å². The van der Waals surface area contributed by atoms with Crippen LogP contribution in [0.4, 0.5) is 0 Å². The molecule has 0 saturated carbocycles. The van der Waals surface area contributed by atoms with Gasteiger partial charge in [-0.05, 0) is 30.7 Å². The van der Waals surface area contributed by atoms with E-state index in [1.54, 1.807) is 20.3 Å². The number of hydrogen-bond donors (Lipinski definition) is 0. The number of likely N-dealkylation sites (tertiary alicyclic amines) is 1. The van der Waals surface area contributed by atoms with Gasteiger partial charge in [0.1, 0.15) is 0 Å². The van der Waals surface area contributed by atoms with Crippen LogP contribution in [0, 0.1) is 5.92 Å². The summed E-state index contributed by atoms with van der Waals surface area (Å²) in [4.78, 5) is 2.34. The normalized spacial score (nSPS) is 19.1. The Balaban J connectivity index is 1.81. The van der Waals surface area contributed by atoms with Crippen LogP contribution in [-0.4, -0.2) is 46.9 Å². The maximum absolute atomic E-state index is 11.7. The molecule has 2 aromatic rings. The molecule has 1 aromatic heterocycles. The Kier molecular flexibility index (Phi) is 5.53. The summed E-state index contributed by atoms with van der Waals surface area (Å²) >= 11 is 0. The lowest BCUT2D eigenvalue weighted by Gasteiger charge is -2.34. The third-order valence-corrected chi connectivity index (χ3v) is 5.91. The van der Waals surface area contributed by atoms with Crippen LogP contribution in [0.3, 0.4) is 0 Å². The van der Waals surface area contributed by atoms with Gasteiger partial charge in [0.15, 0.2) is 5.76 Å². The van der Waals surface area contributed by atoms with Crippen LogP contribution in [0.25, 0.3) is 0 Å². The van der Waals surface area contributed by atoms with E-state index < -0.39 is 15.6 Å². The van der Waals surface area contributed by atoms with Gasteiger partial charge in [-0.1, -0.05) is 30.3 Å². The van der Waals surface area contributed by atoms with Gasteiger partial charge in [0.2, 0.25) is 20.7 Å². The van der Waals surface area contributed by atoms with Crippen molar-refractivity contribution in [3.05, 3.63) is 53.8 Å². The molecule has 1 aliphatic rings. The highest BCUT2D eigenvalue weighted by Gasteiger charge is 2.47. The zero-order chi connectivity index (χ0) is 18.8. The summed E-state index contributed by atoms with van der Waals surface area (Å²) in [6.07, 6.45) is 1.98. The first-order valence-corrected chi connectivity index (χ1v) is 10.4. The number of ether oxygens (including phenoxy) is 2. The largest absolute Gasteiger partial charge is 0.444 e. The Morgan fingerprint density at radius 3 is 2.42 bits per heavy atom. The van der Waals surface area contributed by atoms with Crippen LogP contribution >= 0.6 is 0 Å². The SMILES string of the molecule is COC(OC)(c1ccc(S(C)(=O)=O)o1)C1CCN(Cc2ccccc2)C1. The van der Waals surface area contributed by atoms with E-state index >= 15 is 0 Å². The first-order chi connectivity index (χ1) is 12.4. The Morgan fingerprint density at radius 2 is 1.85 bits per heavy atom. The Bertz CT molecular complexity index is 827. The summed E-state index contributed by atoms with van der Waals surface area (Å²) in [5.74, 6) is -0.691. The molecule has 1 fully saturated rings. The molecular formula is C19H25NO5S. The van der Waals surface area contributed by atoms with Crippen molar-refractivity contribution < 1.29 is 22.3 Å². The van der Waals surface area contributed by atoms with Crippen molar-refractivity contribution in [2.24, 2.45) is 5.92 Å². The molecule has 1 saturated heterocycles. The van der Waals surface area contributed by atoms with Gasteiger partial charge < -0.3 is 13.9 Å². The van der Waals surface area contributed by atoms with Crippen LogP contribution in [0.15, 0.2) is 52.0 Å². The number of rotatable bonds is 7. The molecule has 0 aliphatic carbocycles. The smallest absolute Gasteiger partial charge is 0.232 e. The maximum Gasteiger partial charge on any atom is 0.232 e. The van der Waals surface area contributed by atoms with Gasteiger partial charge in [-0.2, -0.15) is 0 Å². The van der Waals surface area contributed by atoms with E-state index in [0.29, 0.717) is 5.76 Å². The number of hydrogen-bond acceptors (Lipinski definition) is 6.